The van der Waals surface area contributed by atoms with Gasteiger partial charge in [-0.25, -0.2) is 0 Å². The maximum atomic E-state index is 12.0. The van der Waals surface area contributed by atoms with Crippen molar-refractivity contribution < 1.29 is 62.9 Å². The summed E-state index contributed by atoms with van der Waals surface area (Å²) < 4.78 is 38.3. The van der Waals surface area contributed by atoms with Crippen LogP contribution < -0.4 is 5.32 Å². The van der Waals surface area contributed by atoms with Crippen LogP contribution in [0.2, 0.25) is 0 Å². The average molecular weight is 582 g/mol. The monoisotopic (exact) mass is 581 g/mol. The Morgan fingerprint density at radius 2 is 1.43 bits per heavy atom. The second-order valence-electron chi connectivity index (χ2n) is 9.67. The van der Waals surface area contributed by atoms with Crippen molar-refractivity contribution in [3.8, 4) is 0 Å². The second-order valence-corrected chi connectivity index (χ2v) is 9.67. The third kappa shape index (κ3) is 17.3. The number of hydrogen-bond donors (Lipinski definition) is 4. The summed E-state index contributed by atoms with van der Waals surface area (Å²) in [6, 6.07) is 0. The molecule has 0 aromatic heterocycles. The lowest BCUT2D eigenvalue weighted by Crippen LogP contribution is -2.50. The Balaban J connectivity index is 2.04. The van der Waals surface area contributed by atoms with Crippen molar-refractivity contribution in [3.63, 3.8) is 0 Å². The molecule has 3 unspecified atom stereocenters. The first kappa shape index (κ1) is 36.4. The van der Waals surface area contributed by atoms with Gasteiger partial charge in [-0.15, -0.1) is 0 Å². The topological polar surface area (TPSA) is 189 Å². The lowest BCUT2D eigenvalue weighted by Gasteiger charge is -2.36. The Labute approximate surface area is 235 Å². The van der Waals surface area contributed by atoms with Gasteiger partial charge in [0.25, 0.3) is 0 Å². The number of hydrogen-bond acceptors (Lipinski definition) is 13. The smallest absolute Gasteiger partial charge is 0.222 e. The zero-order valence-corrected chi connectivity index (χ0v) is 23.4. The molecule has 234 valence electrons. The van der Waals surface area contributed by atoms with Crippen molar-refractivity contribution in [1.29, 1.82) is 0 Å². The molecule has 14 nitrogen and oxygen atoms in total. The molecule has 1 aliphatic heterocycles. The molecule has 40 heavy (non-hydrogen) atoms. The zero-order valence-electron chi connectivity index (χ0n) is 23.4. The van der Waals surface area contributed by atoms with Gasteiger partial charge in [0.15, 0.2) is 6.29 Å². The summed E-state index contributed by atoms with van der Waals surface area (Å²) in [5.41, 5.74) is -0.484. The van der Waals surface area contributed by atoms with Crippen LogP contribution in [0.5, 0.6) is 0 Å². The number of aliphatic hydroxyl groups is 3. The third-order valence-corrected chi connectivity index (χ3v) is 5.75. The normalized spacial score (nSPS) is 21.3. The van der Waals surface area contributed by atoms with Gasteiger partial charge < -0.3 is 63.4 Å². The summed E-state index contributed by atoms with van der Waals surface area (Å²) >= 11 is 0. The number of aliphatic hydroxyl groups excluding tert-OH is 3. The van der Waals surface area contributed by atoms with E-state index < -0.39 is 30.0 Å². The Hall–Kier alpha value is -1.59. The molecule has 0 saturated carbocycles. The largest absolute Gasteiger partial charge is 0.394 e. The summed E-state index contributed by atoms with van der Waals surface area (Å²) in [5, 5.41) is 31.5. The minimum atomic E-state index is -0.984. The van der Waals surface area contributed by atoms with E-state index >= 15 is 0 Å². The Morgan fingerprint density at radius 1 is 0.850 bits per heavy atom. The summed E-state index contributed by atoms with van der Waals surface area (Å²) in [6.45, 7) is 4.98. The second kappa shape index (κ2) is 23.0. The molecule has 1 saturated heterocycles. The van der Waals surface area contributed by atoms with Gasteiger partial charge in [0.1, 0.15) is 24.8 Å². The van der Waals surface area contributed by atoms with Crippen LogP contribution in [0.1, 0.15) is 32.6 Å². The van der Waals surface area contributed by atoms with Crippen molar-refractivity contribution in [3.05, 3.63) is 0 Å². The van der Waals surface area contributed by atoms with Gasteiger partial charge in [0.2, 0.25) is 5.91 Å². The summed E-state index contributed by atoms with van der Waals surface area (Å²) in [7, 11) is 0. The molecule has 1 amide bonds. The summed E-state index contributed by atoms with van der Waals surface area (Å²) in [6.07, 6.45) is -1.23. The molecular weight excluding hydrogens is 534 g/mol. The third-order valence-electron chi connectivity index (χ3n) is 5.75. The number of carbonyl (C=O) groups is 3. The first-order chi connectivity index (χ1) is 19.3. The summed E-state index contributed by atoms with van der Waals surface area (Å²) in [5.74, 6) is -0.175. The van der Waals surface area contributed by atoms with E-state index in [1.165, 1.54) is 0 Å². The number of rotatable bonds is 26. The van der Waals surface area contributed by atoms with E-state index in [4.69, 9.17) is 38.3 Å². The van der Waals surface area contributed by atoms with Crippen LogP contribution in [0.3, 0.4) is 0 Å². The Bertz CT molecular complexity index is 653. The fraction of sp³-hybridized carbons (Fsp3) is 0.885. The van der Waals surface area contributed by atoms with E-state index in [1.807, 2.05) is 6.92 Å². The van der Waals surface area contributed by atoms with Crippen molar-refractivity contribution in [2.45, 2.75) is 57.2 Å². The number of amides is 1. The molecule has 0 spiro atoms. The number of ether oxygens (including phenoxy) is 7. The van der Waals surface area contributed by atoms with E-state index in [0.717, 1.165) is 12.6 Å². The van der Waals surface area contributed by atoms with Gasteiger partial charge in [-0.3, -0.25) is 4.79 Å². The van der Waals surface area contributed by atoms with Crippen LogP contribution in [0.4, 0.5) is 0 Å². The highest BCUT2D eigenvalue weighted by Gasteiger charge is 2.36. The number of nitrogens with one attached hydrogen (secondary N) is 1. The van der Waals surface area contributed by atoms with Crippen LogP contribution in [0, 0.1) is 5.41 Å². The highest BCUT2D eigenvalue weighted by atomic mass is 16.7. The molecule has 1 heterocycles. The highest BCUT2D eigenvalue weighted by Crippen LogP contribution is 2.21. The van der Waals surface area contributed by atoms with Gasteiger partial charge >= 0.3 is 0 Å². The number of aldehydes is 2. The lowest BCUT2D eigenvalue weighted by atomic mass is 9.94. The van der Waals surface area contributed by atoms with Crippen molar-refractivity contribution in [2.75, 3.05) is 85.8 Å². The molecular formula is C26H47NO13. The molecule has 4 N–H and O–H groups in total. The van der Waals surface area contributed by atoms with E-state index in [1.54, 1.807) is 0 Å². The molecule has 1 aliphatic rings. The molecule has 0 aliphatic carbocycles. The SMILES string of the molecule is CC(COCCC=O)(COCCC=O)COCCC(=O)NCCOCCOCCOC1OC(CO)C(O)C[C@H]1O. The zero-order chi connectivity index (χ0) is 29.5. The maximum absolute atomic E-state index is 12.0. The molecule has 0 aromatic carbocycles. The molecule has 14 heteroatoms. The maximum Gasteiger partial charge on any atom is 0.222 e. The predicted molar refractivity (Wildman–Crippen MR) is 140 cm³/mol. The lowest BCUT2D eigenvalue weighted by molar-refractivity contribution is -0.272. The van der Waals surface area contributed by atoms with Crippen molar-refractivity contribution in [2.24, 2.45) is 5.41 Å². The standard InChI is InChI=1S/C26H47NO13/c1-26(18-36-8-2-6-28,19-37-9-3-7-29)20-38-10-4-24(33)27-5-11-34-12-13-35-14-15-39-25-22(32)16-21(31)23(17-30)40-25/h6-7,21-23,25,30-32H,2-5,8-20H2,1H3,(H,27,33)/t21?,22-,23?,25?/m1/s1. The number of carbonyl (C=O) groups excluding carboxylic acids is 3. The molecule has 0 bridgehead atoms. The van der Waals surface area contributed by atoms with Gasteiger partial charge in [0.05, 0.1) is 85.4 Å². The molecule has 0 aromatic rings. The molecule has 4 atom stereocenters. The van der Waals surface area contributed by atoms with E-state index in [-0.39, 0.29) is 51.8 Å². The van der Waals surface area contributed by atoms with E-state index in [0.29, 0.717) is 65.6 Å². The molecule has 1 fully saturated rings. The van der Waals surface area contributed by atoms with Crippen LogP contribution in [-0.4, -0.2) is 144 Å². The molecule has 1 rings (SSSR count). The van der Waals surface area contributed by atoms with Crippen LogP contribution >= 0.6 is 0 Å². The minimum Gasteiger partial charge on any atom is -0.394 e. The molecule has 0 radical (unpaired) electrons. The van der Waals surface area contributed by atoms with Crippen LogP contribution in [-0.2, 0) is 47.5 Å². The van der Waals surface area contributed by atoms with Crippen LogP contribution in [0.25, 0.3) is 0 Å². The Morgan fingerprint density at radius 3 is 2.02 bits per heavy atom. The average Bonchev–Trinajstić information content (AvgIpc) is 2.94. The first-order valence-electron chi connectivity index (χ1n) is 13.6. The van der Waals surface area contributed by atoms with Gasteiger partial charge in [-0.05, 0) is 0 Å². The van der Waals surface area contributed by atoms with Crippen molar-refractivity contribution in [1.82, 2.24) is 5.32 Å². The summed E-state index contributed by atoms with van der Waals surface area (Å²) in [4.78, 5) is 32.9. The van der Waals surface area contributed by atoms with Crippen LogP contribution in [0.15, 0.2) is 0 Å². The van der Waals surface area contributed by atoms with Crippen molar-refractivity contribution >= 4 is 18.5 Å². The minimum absolute atomic E-state index is 0.0625. The van der Waals surface area contributed by atoms with Gasteiger partial charge in [-0.2, -0.15) is 0 Å². The fourth-order valence-corrected chi connectivity index (χ4v) is 3.58. The Kier molecular flexibility index (Phi) is 21.0. The fourth-order valence-electron chi connectivity index (χ4n) is 3.58. The highest BCUT2D eigenvalue weighted by molar-refractivity contribution is 5.75. The van der Waals surface area contributed by atoms with E-state index in [9.17, 15) is 24.6 Å². The van der Waals surface area contributed by atoms with E-state index in [2.05, 4.69) is 5.32 Å². The predicted octanol–water partition coefficient (Wildman–Crippen LogP) is -1.39. The quantitative estimate of drug-likeness (QED) is 0.0691. The van der Waals surface area contributed by atoms with Gasteiger partial charge in [0, 0.05) is 37.6 Å². The first-order valence-corrected chi connectivity index (χ1v) is 13.6. The van der Waals surface area contributed by atoms with Gasteiger partial charge in [-0.1, -0.05) is 6.92 Å².